The van der Waals surface area contributed by atoms with Crippen molar-refractivity contribution < 1.29 is 17.6 Å². The van der Waals surface area contributed by atoms with Crippen molar-refractivity contribution in [2.24, 2.45) is 0 Å². The third kappa shape index (κ3) is 3.68. The summed E-state index contributed by atoms with van der Waals surface area (Å²) in [5.41, 5.74) is 2.60. The van der Waals surface area contributed by atoms with Crippen LogP contribution in [-0.2, 0) is 19.3 Å². The molecule has 3 aromatic rings. The second kappa shape index (κ2) is 8.02. The third-order valence-electron chi connectivity index (χ3n) is 5.83. The highest BCUT2D eigenvalue weighted by Crippen LogP contribution is 2.39. The average molecular weight is 398 g/mol. The van der Waals surface area contributed by atoms with E-state index in [9.17, 15) is 13.2 Å². The number of halogens is 4. The highest BCUT2D eigenvalue weighted by Gasteiger charge is 2.28. The zero-order chi connectivity index (χ0) is 20.5. The standard InChI is InChI=1S/C25H22F4/c1-2-4-15-7-9-16(10-8-15)17-11-12-19-18(13-17)14-22(27)23(25(19)29)20-5-3-6-21(26)24(20)28/h3,5-10,14,17H,2,4,11-13H2,1H3. The molecule has 0 heterocycles. The molecule has 0 saturated heterocycles. The quantitative estimate of drug-likeness (QED) is 0.410. The van der Waals surface area contributed by atoms with Crippen molar-refractivity contribution >= 4 is 0 Å². The van der Waals surface area contributed by atoms with E-state index in [1.807, 2.05) is 0 Å². The van der Waals surface area contributed by atoms with Crippen molar-refractivity contribution in [2.45, 2.75) is 44.9 Å². The molecule has 0 amide bonds. The minimum absolute atomic E-state index is 0.189. The van der Waals surface area contributed by atoms with Crippen LogP contribution in [0.15, 0.2) is 48.5 Å². The molecule has 3 aromatic carbocycles. The number of aryl methyl sites for hydroxylation is 1. The minimum atomic E-state index is -1.23. The number of hydrogen-bond acceptors (Lipinski definition) is 0. The van der Waals surface area contributed by atoms with Crippen molar-refractivity contribution in [1.29, 1.82) is 0 Å². The topological polar surface area (TPSA) is 0 Å². The molecule has 1 atom stereocenters. The fourth-order valence-corrected chi connectivity index (χ4v) is 4.32. The molecule has 1 unspecified atom stereocenters. The van der Waals surface area contributed by atoms with E-state index >= 15 is 4.39 Å². The number of fused-ring (bicyclic) bond motifs is 1. The second-order valence-corrected chi connectivity index (χ2v) is 7.72. The molecular weight excluding hydrogens is 376 g/mol. The lowest BCUT2D eigenvalue weighted by Gasteiger charge is -2.26. The molecule has 0 nitrogen and oxygen atoms in total. The number of hydrogen-bond donors (Lipinski definition) is 0. The van der Waals surface area contributed by atoms with Crippen molar-refractivity contribution in [1.82, 2.24) is 0 Å². The lowest BCUT2D eigenvalue weighted by Crippen LogP contribution is -2.16. The van der Waals surface area contributed by atoms with Crippen LogP contribution < -0.4 is 0 Å². The Bertz CT molecular complexity index is 1040. The van der Waals surface area contributed by atoms with Gasteiger partial charge in [-0.25, -0.2) is 17.6 Å². The van der Waals surface area contributed by atoms with Gasteiger partial charge in [-0.15, -0.1) is 0 Å². The average Bonchev–Trinajstić information content (AvgIpc) is 2.71. The Hall–Kier alpha value is -2.62. The SMILES string of the molecule is CCCc1ccc(C2CCc3c(cc(F)c(-c4cccc(F)c4F)c3F)C2)cc1. The Kier molecular flexibility index (Phi) is 5.44. The van der Waals surface area contributed by atoms with Crippen LogP contribution in [0.3, 0.4) is 0 Å². The lowest BCUT2D eigenvalue weighted by atomic mass is 9.78. The van der Waals surface area contributed by atoms with Gasteiger partial charge < -0.3 is 0 Å². The lowest BCUT2D eigenvalue weighted by molar-refractivity contribution is 0.504. The first-order valence-corrected chi connectivity index (χ1v) is 10.0. The van der Waals surface area contributed by atoms with Crippen LogP contribution >= 0.6 is 0 Å². The maximum atomic E-state index is 15.2. The monoisotopic (exact) mass is 398 g/mol. The highest BCUT2D eigenvalue weighted by atomic mass is 19.2. The summed E-state index contributed by atoms with van der Waals surface area (Å²) in [4.78, 5) is 0. The van der Waals surface area contributed by atoms with Gasteiger partial charge in [-0.1, -0.05) is 49.7 Å². The summed E-state index contributed by atoms with van der Waals surface area (Å²) in [6.07, 6.45) is 3.81. The largest absolute Gasteiger partial charge is 0.206 e. The maximum absolute atomic E-state index is 15.2. The molecule has 0 aliphatic heterocycles. The van der Waals surface area contributed by atoms with Gasteiger partial charge in [-0.2, -0.15) is 0 Å². The molecule has 150 valence electrons. The van der Waals surface area contributed by atoms with Gasteiger partial charge in [0.2, 0.25) is 0 Å². The fourth-order valence-electron chi connectivity index (χ4n) is 4.32. The van der Waals surface area contributed by atoms with Crippen LogP contribution in [0.4, 0.5) is 17.6 Å². The molecule has 4 rings (SSSR count). The molecule has 29 heavy (non-hydrogen) atoms. The van der Waals surface area contributed by atoms with Crippen LogP contribution in [0, 0.1) is 23.3 Å². The molecule has 0 bridgehead atoms. The van der Waals surface area contributed by atoms with Crippen molar-refractivity contribution in [2.75, 3.05) is 0 Å². The first-order valence-electron chi connectivity index (χ1n) is 10.0. The Morgan fingerprint density at radius 3 is 2.38 bits per heavy atom. The summed E-state index contributed by atoms with van der Waals surface area (Å²) in [6, 6.07) is 13.1. The van der Waals surface area contributed by atoms with Gasteiger partial charge in [0.1, 0.15) is 11.6 Å². The molecule has 4 heteroatoms. The molecule has 1 aliphatic carbocycles. The predicted molar refractivity (Wildman–Crippen MR) is 107 cm³/mol. The molecule has 1 aliphatic rings. The van der Waals surface area contributed by atoms with Gasteiger partial charge in [-0.3, -0.25) is 0 Å². The highest BCUT2D eigenvalue weighted by molar-refractivity contribution is 5.68. The Balaban J connectivity index is 1.67. The Morgan fingerprint density at radius 1 is 0.897 bits per heavy atom. The van der Waals surface area contributed by atoms with E-state index in [4.69, 9.17) is 0 Å². The molecule has 0 radical (unpaired) electrons. The fraction of sp³-hybridized carbons (Fsp3) is 0.280. The molecule has 0 saturated carbocycles. The molecule has 0 fully saturated rings. The van der Waals surface area contributed by atoms with Crippen LogP contribution in [0.2, 0.25) is 0 Å². The van der Waals surface area contributed by atoms with Gasteiger partial charge in [0, 0.05) is 5.56 Å². The summed E-state index contributed by atoms with van der Waals surface area (Å²) in [7, 11) is 0. The van der Waals surface area contributed by atoms with Gasteiger partial charge >= 0.3 is 0 Å². The van der Waals surface area contributed by atoms with Crippen LogP contribution in [0.1, 0.15) is 47.9 Å². The van der Waals surface area contributed by atoms with Crippen LogP contribution in [0.5, 0.6) is 0 Å². The summed E-state index contributed by atoms with van der Waals surface area (Å²) in [5, 5.41) is 0. The maximum Gasteiger partial charge on any atom is 0.166 e. The van der Waals surface area contributed by atoms with Gasteiger partial charge in [-0.05, 0) is 66.0 Å². The Morgan fingerprint density at radius 2 is 1.66 bits per heavy atom. The zero-order valence-corrected chi connectivity index (χ0v) is 16.2. The van der Waals surface area contributed by atoms with E-state index < -0.39 is 28.8 Å². The summed E-state index contributed by atoms with van der Waals surface area (Å²) < 4.78 is 57.6. The van der Waals surface area contributed by atoms with E-state index in [-0.39, 0.29) is 11.5 Å². The van der Waals surface area contributed by atoms with E-state index in [2.05, 4.69) is 31.2 Å². The molecule has 0 aromatic heterocycles. The third-order valence-corrected chi connectivity index (χ3v) is 5.83. The normalized spacial score (nSPS) is 16.0. The van der Waals surface area contributed by atoms with Gasteiger partial charge in [0.25, 0.3) is 0 Å². The summed E-state index contributed by atoms with van der Waals surface area (Å²) in [5.74, 6) is -3.80. The Labute approximate surface area is 168 Å². The van der Waals surface area contributed by atoms with Crippen LogP contribution in [0.25, 0.3) is 11.1 Å². The first-order chi connectivity index (χ1) is 14.0. The molecule has 0 spiro atoms. The summed E-state index contributed by atoms with van der Waals surface area (Å²) in [6.45, 7) is 2.14. The predicted octanol–water partition coefficient (Wildman–Crippen LogP) is 7.14. The van der Waals surface area contributed by atoms with Crippen molar-refractivity contribution in [3.63, 3.8) is 0 Å². The smallest absolute Gasteiger partial charge is 0.166 e. The van der Waals surface area contributed by atoms with Crippen molar-refractivity contribution in [3.8, 4) is 11.1 Å². The minimum Gasteiger partial charge on any atom is -0.206 e. The molecular formula is C25H22F4. The number of rotatable bonds is 4. The molecule has 0 N–H and O–H groups in total. The van der Waals surface area contributed by atoms with E-state index in [1.54, 1.807) is 0 Å². The van der Waals surface area contributed by atoms with E-state index in [0.717, 1.165) is 30.9 Å². The van der Waals surface area contributed by atoms with Crippen LogP contribution in [-0.4, -0.2) is 0 Å². The van der Waals surface area contributed by atoms with Crippen molar-refractivity contribution in [3.05, 3.63) is 94.1 Å². The summed E-state index contributed by atoms with van der Waals surface area (Å²) >= 11 is 0. The second-order valence-electron chi connectivity index (χ2n) is 7.72. The number of benzene rings is 3. The van der Waals surface area contributed by atoms with E-state index in [1.165, 1.54) is 23.8 Å². The van der Waals surface area contributed by atoms with E-state index in [0.29, 0.717) is 24.0 Å². The van der Waals surface area contributed by atoms with Gasteiger partial charge in [0.05, 0.1) is 5.56 Å². The first kappa shape index (κ1) is 19.7. The zero-order valence-electron chi connectivity index (χ0n) is 16.2. The van der Waals surface area contributed by atoms with Gasteiger partial charge in [0.15, 0.2) is 11.6 Å².